The van der Waals surface area contributed by atoms with Crippen LogP contribution < -0.4 is 0 Å². The van der Waals surface area contributed by atoms with Gasteiger partial charge in [-0.05, 0) is 42.4 Å². The van der Waals surface area contributed by atoms with Crippen molar-refractivity contribution in [3.05, 3.63) is 59.2 Å². The molecule has 0 aromatic heterocycles. The number of hydrogen-bond donors (Lipinski definition) is 0. The number of allylic oxidation sites excluding steroid dienone is 2. The van der Waals surface area contributed by atoms with E-state index in [0.717, 1.165) is 11.1 Å². The van der Waals surface area contributed by atoms with Crippen LogP contribution in [0.5, 0.6) is 0 Å². The highest BCUT2D eigenvalue weighted by Gasteiger charge is 2.69. The van der Waals surface area contributed by atoms with E-state index in [4.69, 9.17) is 14.2 Å². The van der Waals surface area contributed by atoms with Crippen molar-refractivity contribution in [3.63, 3.8) is 0 Å². The van der Waals surface area contributed by atoms with Crippen LogP contribution in [0.25, 0.3) is 0 Å². The monoisotopic (exact) mass is 436 g/mol. The van der Waals surface area contributed by atoms with E-state index < -0.39 is 35.5 Å². The van der Waals surface area contributed by atoms with Crippen LogP contribution in [-0.2, 0) is 35.0 Å². The molecule has 2 unspecified atom stereocenters. The Morgan fingerprint density at radius 3 is 2.53 bits per heavy atom. The first-order valence-corrected chi connectivity index (χ1v) is 11.1. The third kappa shape index (κ3) is 3.15. The van der Waals surface area contributed by atoms with Gasteiger partial charge in [-0.25, -0.2) is 0 Å². The Labute approximate surface area is 187 Å². The molecule has 1 aromatic rings. The second-order valence-electron chi connectivity index (χ2n) is 10.3. The van der Waals surface area contributed by atoms with Gasteiger partial charge in [-0.15, -0.1) is 0 Å². The maximum Gasteiger partial charge on any atom is 0.320 e. The van der Waals surface area contributed by atoms with Crippen molar-refractivity contribution in [2.45, 2.75) is 45.8 Å². The molecule has 0 spiro atoms. The molecular weight excluding hydrogens is 408 g/mol. The van der Waals surface area contributed by atoms with Gasteiger partial charge in [0.25, 0.3) is 0 Å². The molecule has 5 rings (SSSR count). The highest BCUT2D eigenvalue weighted by Crippen LogP contribution is 2.60. The Balaban J connectivity index is 1.36. The first-order chi connectivity index (χ1) is 15.1. The third-order valence-corrected chi connectivity index (χ3v) is 7.46. The van der Waals surface area contributed by atoms with Crippen molar-refractivity contribution >= 4 is 17.9 Å². The standard InChI is InChI=1S/C26H28O6/c1-14(2)10-17-19(25(17,3)4)23(28)30-13-16-12-26(11-15-8-6-5-7-9-15)20-18(21(16)32-26)22(27)31-24(20)29/h5-10,12,17-21H,11,13H2,1-4H3/t17-,18?,19+,20?,21+,26-/m1/s1. The molecule has 0 amide bonds. The molecule has 0 N–H and O–H groups in total. The van der Waals surface area contributed by atoms with Crippen LogP contribution in [0.4, 0.5) is 0 Å². The molecule has 1 aromatic carbocycles. The quantitative estimate of drug-likeness (QED) is 0.386. The number of cyclic esters (lactones) is 2. The van der Waals surface area contributed by atoms with Gasteiger partial charge < -0.3 is 14.2 Å². The van der Waals surface area contributed by atoms with Crippen molar-refractivity contribution in [2.75, 3.05) is 6.61 Å². The highest BCUT2D eigenvalue weighted by molar-refractivity contribution is 5.99. The summed E-state index contributed by atoms with van der Waals surface area (Å²) < 4.78 is 17.0. The summed E-state index contributed by atoms with van der Waals surface area (Å²) in [5.74, 6) is -2.67. The van der Waals surface area contributed by atoms with Crippen molar-refractivity contribution in [2.24, 2.45) is 29.1 Å². The number of carbonyl (C=O) groups is 3. The molecule has 2 bridgehead atoms. The second kappa shape index (κ2) is 7.14. The minimum absolute atomic E-state index is 0.0544. The maximum atomic E-state index is 12.8. The molecule has 168 valence electrons. The topological polar surface area (TPSA) is 78.9 Å². The summed E-state index contributed by atoms with van der Waals surface area (Å²) in [6.07, 6.45) is 3.87. The maximum absolute atomic E-state index is 12.8. The lowest BCUT2D eigenvalue weighted by Crippen LogP contribution is -2.40. The van der Waals surface area contributed by atoms with E-state index in [9.17, 15) is 14.4 Å². The van der Waals surface area contributed by atoms with Gasteiger partial charge in [-0.3, -0.25) is 14.4 Å². The summed E-state index contributed by atoms with van der Waals surface area (Å²) in [7, 11) is 0. The molecule has 1 saturated carbocycles. The van der Waals surface area contributed by atoms with E-state index in [1.54, 1.807) is 0 Å². The second-order valence-corrected chi connectivity index (χ2v) is 10.3. The van der Waals surface area contributed by atoms with E-state index in [-0.39, 0.29) is 29.8 Å². The van der Waals surface area contributed by atoms with Gasteiger partial charge in [0.1, 0.15) is 24.0 Å². The van der Waals surface area contributed by atoms with Crippen LogP contribution in [0, 0.1) is 29.1 Å². The predicted octanol–water partition coefficient (Wildman–Crippen LogP) is 3.40. The molecule has 3 fully saturated rings. The van der Waals surface area contributed by atoms with Gasteiger partial charge in [0, 0.05) is 6.42 Å². The molecule has 4 aliphatic rings. The van der Waals surface area contributed by atoms with Gasteiger partial charge in [0.05, 0.1) is 12.0 Å². The molecule has 3 heterocycles. The first kappa shape index (κ1) is 21.1. The number of hydrogen-bond acceptors (Lipinski definition) is 6. The summed E-state index contributed by atoms with van der Waals surface area (Å²) in [6.45, 7) is 8.25. The third-order valence-electron chi connectivity index (χ3n) is 7.46. The van der Waals surface area contributed by atoms with Gasteiger partial charge in [0.15, 0.2) is 0 Å². The lowest BCUT2D eigenvalue weighted by atomic mass is 9.72. The zero-order valence-electron chi connectivity index (χ0n) is 18.8. The summed E-state index contributed by atoms with van der Waals surface area (Å²) in [5, 5.41) is 0. The van der Waals surface area contributed by atoms with Crippen LogP contribution in [0.15, 0.2) is 53.6 Å². The molecule has 0 radical (unpaired) electrons. The van der Waals surface area contributed by atoms with E-state index in [1.165, 1.54) is 5.57 Å². The Bertz CT molecular complexity index is 1050. The van der Waals surface area contributed by atoms with Crippen LogP contribution in [0.2, 0.25) is 0 Å². The fourth-order valence-corrected chi connectivity index (χ4v) is 5.81. The molecule has 1 aliphatic carbocycles. The minimum Gasteiger partial charge on any atom is -0.461 e. The van der Waals surface area contributed by atoms with Crippen molar-refractivity contribution < 1.29 is 28.6 Å². The molecular formula is C26H28O6. The van der Waals surface area contributed by atoms with E-state index in [1.807, 2.05) is 50.3 Å². The molecule has 3 aliphatic heterocycles. The van der Waals surface area contributed by atoms with Gasteiger partial charge >= 0.3 is 17.9 Å². The van der Waals surface area contributed by atoms with Crippen LogP contribution in [0.3, 0.4) is 0 Å². The van der Waals surface area contributed by atoms with Crippen molar-refractivity contribution in [1.82, 2.24) is 0 Å². The first-order valence-electron chi connectivity index (χ1n) is 11.1. The number of benzene rings is 1. The highest BCUT2D eigenvalue weighted by atomic mass is 16.6. The zero-order valence-corrected chi connectivity index (χ0v) is 18.8. The van der Waals surface area contributed by atoms with Crippen molar-refractivity contribution in [3.8, 4) is 0 Å². The SMILES string of the molecule is CC(C)=C[C@@H]1[C@@H](C(=O)OCC2=C[C@@]3(Cc4ccccc4)O[C@@H]2C2C(=O)OC(=O)C23)C1(C)C. The molecule has 2 saturated heterocycles. The van der Waals surface area contributed by atoms with Crippen LogP contribution in [0.1, 0.15) is 33.3 Å². The number of ether oxygens (including phenoxy) is 3. The summed E-state index contributed by atoms with van der Waals surface area (Å²) in [4.78, 5) is 37.7. The summed E-state index contributed by atoms with van der Waals surface area (Å²) in [5.41, 5.74) is 1.83. The number of rotatable bonds is 6. The molecule has 6 atom stereocenters. The van der Waals surface area contributed by atoms with Gasteiger partial charge in [-0.1, -0.05) is 55.8 Å². The average Bonchev–Trinajstić information content (AvgIpc) is 3.07. The van der Waals surface area contributed by atoms with Crippen LogP contribution >= 0.6 is 0 Å². The molecule has 6 heteroatoms. The fourth-order valence-electron chi connectivity index (χ4n) is 5.81. The average molecular weight is 437 g/mol. The Kier molecular flexibility index (Phi) is 4.71. The number of carbonyl (C=O) groups excluding carboxylic acids is 3. The summed E-state index contributed by atoms with van der Waals surface area (Å²) in [6, 6.07) is 9.71. The zero-order chi connectivity index (χ0) is 22.8. The summed E-state index contributed by atoms with van der Waals surface area (Å²) >= 11 is 0. The fraction of sp³-hybridized carbons (Fsp3) is 0.500. The lowest BCUT2D eigenvalue weighted by Gasteiger charge is -2.27. The largest absolute Gasteiger partial charge is 0.461 e. The van der Waals surface area contributed by atoms with E-state index >= 15 is 0 Å². The number of esters is 3. The smallest absolute Gasteiger partial charge is 0.320 e. The normalized spacial score (nSPS) is 35.8. The molecule has 6 nitrogen and oxygen atoms in total. The Morgan fingerprint density at radius 1 is 1.12 bits per heavy atom. The van der Waals surface area contributed by atoms with Gasteiger partial charge in [-0.2, -0.15) is 0 Å². The van der Waals surface area contributed by atoms with E-state index in [2.05, 4.69) is 19.9 Å². The minimum atomic E-state index is -0.953. The Morgan fingerprint density at radius 2 is 1.84 bits per heavy atom. The van der Waals surface area contributed by atoms with Crippen molar-refractivity contribution in [1.29, 1.82) is 0 Å². The Hall–Kier alpha value is -2.73. The van der Waals surface area contributed by atoms with Crippen LogP contribution in [-0.4, -0.2) is 36.2 Å². The number of fused-ring (bicyclic) bond motifs is 5. The molecule has 32 heavy (non-hydrogen) atoms. The van der Waals surface area contributed by atoms with E-state index in [0.29, 0.717) is 6.42 Å². The van der Waals surface area contributed by atoms with Gasteiger partial charge in [0.2, 0.25) is 0 Å². The predicted molar refractivity (Wildman–Crippen MR) is 115 cm³/mol. The lowest BCUT2D eigenvalue weighted by molar-refractivity contribution is -0.158.